The molecule has 112 valence electrons. The third-order valence-electron chi connectivity index (χ3n) is 3.54. The molecule has 0 amide bonds. The lowest BCUT2D eigenvalue weighted by Crippen LogP contribution is -2.10. The zero-order chi connectivity index (χ0) is 15.6. The summed E-state index contributed by atoms with van der Waals surface area (Å²) in [7, 11) is 1.68. The number of halogens is 2. The molecule has 1 nitrogen and oxygen atoms in total. The van der Waals surface area contributed by atoms with E-state index in [1.807, 2.05) is 6.07 Å². The van der Waals surface area contributed by atoms with Crippen LogP contribution in [0, 0.1) is 0 Å². The predicted molar refractivity (Wildman–Crippen MR) is 96.6 cm³/mol. The van der Waals surface area contributed by atoms with Crippen LogP contribution in [0.5, 0.6) is 5.75 Å². The van der Waals surface area contributed by atoms with Gasteiger partial charge in [0.2, 0.25) is 0 Å². The maximum absolute atomic E-state index is 5.28. The van der Waals surface area contributed by atoms with Gasteiger partial charge < -0.3 is 4.74 Å². The number of rotatable bonds is 3. The van der Waals surface area contributed by atoms with E-state index in [1.54, 1.807) is 7.11 Å². The van der Waals surface area contributed by atoms with Crippen LogP contribution in [0.2, 0.25) is 0 Å². The lowest BCUT2D eigenvalue weighted by Gasteiger charge is -2.20. The van der Waals surface area contributed by atoms with Crippen molar-refractivity contribution in [2.45, 2.75) is 31.0 Å². The van der Waals surface area contributed by atoms with Crippen molar-refractivity contribution in [3.05, 3.63) is 63.6 Å². The van der Waals surface area contributed by atoms with Crippen LogP contribution < -0.4 is 4.74 Å². The lowest BCUT2D eigenvalue weighted by molar-refractivity contribution is 0.412. The van der Waals surface area contributed by atoms with E-state index in [2.05, 4.69) is 89.0 Å². The fraction of sp³-hybridized carbons (Fsp3) is 0.333. The largest absolute Gasteiger partial charge is 0.496 e. The molecule has 2 rings (SSSR count). The molecule has 0 aliphatic rings. The molecule has 0 saturated heterocycles. The van der Waals surface area contributed by atoms with Crippen LogP contribution in [0.1, 0.15) is 42.3 Å². The molecule has 21 heavy (non-hydrogen) atoms. The van der Waals surface area contributed by atoms with Crippen molar-refractivity contribution in [1.82, 2.24) is 0 Å². The second-order valence-corrected chi connectivity index (χ2v) is 7.90. The molecule has 1 unspecified atom stereocenters. The van der Waals surface area contributed by atoms with Crippen molar-refractivity contribution in [2.24, 2.45) is 0 Å². The first-order valence-corrected chi connectivity index (χ1v) is 8.61. The van der Waals surface area contributed by atoms with Gasteiger partial charge in [0.15, 0.2) is 0 Å². The summed E-state index contributed by atoms with van der Waals surface area (Å²) >= 11 is 7.33. The highest BCUT2D eigenvalue weighted by atomic mass is 79.9. The smallest absolute Gasteiger partial charge is 0.133 e. The minimum Gasteiger partial charge on any atom is -0.496 e. The Bertz CT molecular complexity index is 612. The highest BCUT2D eigenvalue weighted by Crippen LogP contribution is 2.36. The molecule has 0 radical (unpaired) electrons. The van der Waals surface area contributed by atoms with Crippen LogP contribution in [-0.4, -0.2) is 7.11 Å². The maximum atomic E-state index is 5.28. The summed E-state index contributed by atoms with van der Waals surface area (Å²) in [4.78, 5) is 0.175. The summed E-state index contributed by atoms with van der Waals surface area (Å²) in [6.07, 6.45) is 0. The van der Waals surface area contributed by atoms with Gasteiger partial charge in [-0.15, -0.1) is 0 Å². The van der Waals surface area contributed by atoms with Crippen LogP contribution in [0.3, 0.4) is 0 Å². The molecule has 0 N–H and O–H groups in total. The lowest BCUT2D eigenvalue weighted by atomic mass is 9.86. The molecule has 0 fully saturated rings. The Morgan fingerprint density at radius 2 is 1.52 bits per heavy atom. The Morgan fingerprint density at radius 3 is 2.00 bits per heavy atom. The molecule has 0 saturated carbocycles. The Kier molecular flexibility index (Phi) is 5.15. The molecule has 3 heteroatoms. The summed E-state index contributed by atoms with van der Waals surface area (Å²) in [6.45, 7) is 6.69. The molecular weight excluding hydrogens is 392 g/mol. The van der Waals surface area contributed by atoms with Crippen molar-refractivity contribution >= 4 is 31.9 Å². The number of alkyl halides is 1. The second-order valence-electron chi connectivity index (χ2n) is 6.13. The predicted octanol–water partition coefficient (Wildman–Crippen LogP) is 6.24. The first-order valence-electron chi connectivity index (χ1n) is 6.91. The fourth-order valence-electron chi connectivity index (χ4n) is 2.18. The second kappa shape index (κ2) is 6.53. The van der Waals surface area contributed by atoms with Crippen LogP contribution in [0.4, 0.5) is 0 Å². The normalized spacial score (nSPS) is 13.0. The van der Waals surface area contributed by atoms with Crippen molar-refractivity contribution in [1.29, 1.82) is 0 Å². The molecule has 0 heterocycles. The van der Waals surface area contributed by atoms with Gasteiger partial charge in [-0.05, 0) is 50.2 Å². The van der Waals surface area contributed by atoms with Crippen LogP contribution >= 0.6 is 31.9 Å². The molecule has 0 aliphatic carbocycles. The van der Waals surface area contributed by atoms with E-state index < -0.39 is 0 Å². The minimum atomic E-state index is 0.175. The van der Waals surface area contributed by atoms with Gasteiger partial charge in [-0.2, -0.15) is 0 Å². The Hall–Kier alpha value is -0.800. The van der Waals surface area contributed by atoms with Crippen molar-refractivity contribution in [3.63, 3.8) is 0 Å². The van der Waals surface area contributed by atoms with Gasteiger partial charge in [0.25, 0.3) is 0 Å². The number of methoxy groups -OCH3 is 1. The summed E-state index contributed by atoms with van der Waals surface area (Å²) in [5.41, 5.74) is 3.98. The van der Waals surface area contributed by atoms with Crippen molar-refractivity contribution in [3.8, 4) is 5.75 Å². The van der Waals surface area contributed by atoms with E-state index >= 15 is 0 Å². The molecule has 0 spiro atoms. The van der Waals surface area contributed by atoms with Gasteiger partial charge in [-0.3, -0.25) is 0 Å². The highest BCUT2D eigenvalue weighted by Gasteiger charge is 2.16. The third kappa shape index (κ3) is 3.89. The average molecular weight is 412 g/mol. The van der Waals surface area contributed by atoms with Gasteiger partial charge in [0.05, 0.1) is 16.4 Å². The number of hydrogen-bond acceptors (Lipinski definition) is 1. The monoisotopic (exact) mass is 410 g/mol. The van der Waals surface area contributed by atoms with Gasteiger partial charge in [0, 0.05) is 0 Å². The van der Waals surface area contributed by atoms with E-state index in [0.29, 0.717) is 0 Å². The number of benzene rings is 2. The molecule has 0 bridgehead atoms. The third-order valence-corrected chi connectivity index (χ3v) is 5.21. The van der Waals surface area contributed by atoms with Gasteiger partial charge in [-0.25, -0.2) is 0 Å². The van der Waals surface area contributed by atoms with Crippen LogP contribution in [0.15, 0.2) is 46.9 Å². The quantitative estimate of drug-likeness (QED) is 0.543. The van der Waals surface area contributed by atoms with E-state index in [1.165, 1.54) is 16.7 Å². The minimum absolute atomic E-state index is 0.175. The summed E-state index contributed by atoms with van der Waals surface area (Å²) in [5, 5.41) is 0. The maximum Gasteiger partial charge on any atom is 0.133 e. The number of hydrogen-bond donors (Lipinski definition) is 0. The molecule has 2 aromatic rings. The topological polar surface area (TPSA) is 9.23 Å². The molecule has 0 aromatic heterocycles. The highest BCUT2D eigenvalue weighted by molar-refractivity contribution is 9.10. The molecule has 1 atom stereocenters. The zero-order valence-corrected chi connectivity index (χ0v) is 16.0. The first-order chi connectivity index (χ1) is 9.82. The Labute approximate surface area is 144 Å². The standard InChI is InChI=1S/C18H20Br2O/c1-18(2,3)14-8-5-12(6-9-14)17(20)13-7-10-16(21-4)15(19)11-13/h5-11,17H,1-4H3. The molecule has 2 aromatic carbocycles. The van der Waals surface area contributed by atoms with Crippen molar-refractivity contribution in [2.75, 3.05) is 7.11 Å². The van der Waals surface area contributed by atoms with Crippen molar-refractivity contribution < 1.29 is 4.74 Å². The SMILES string of the molecule is COc1ccc(C(Br)c2ccc(C(C)(C)C)cc2)cc1Br. The number of ether oxygens (including phenoxy) is 1. The van der Waals surface area contributed by atoms with Crippen LogP contribution in [-0.2, 0) is 5.41 Å². The molecular formula is C18H20Br2O. The molecule has 0 aliphatic heterocycles. The fourth-order valence-corrected chi connectivity index (χ4v) is 3.33. The average Bonchev–Trinajstić information content (AvgIpc) is 2.45. The zero-order valence-electron chi connectivity index (χ0n) is 12.8. The van der Waals surface area contributed by atoms with E-state index in [4.69, 9.17) is 4.74 Å². The Morgan fingerprint density at radius 1 is 0.952 bits per heavy atom. The van der Waals surface area contributed by atoms with Gasteiger partial charge >= 0.3 is 0 Å². The van der Waals surface area contributed by atoms with Gasteiger partial charge in [0.1, 0.15) is 5.75 Å². The van der Waals surface area contributed by atoms with Crippen LogP contribution in [0.25, 0.3) is 0 Å². The van der Waals surface area contributed by atoms with E-state index in [0.717, 1.165) is 10.2 Å². The van der Waals surface area contributed by atoms with Gasteiger partial charge in [-0.1, -0.05) is 67.0 Å². The summed E-state index contributed by atoms with van der Waals surface area (Å²) in [6, 6.07) is 15.0. The first kappa shape index (κ1) is 16.6. The Balaban J connectivity index is 2.27. The van der Waals surface area contributed by atoms with E-state index in [9.17, 15) is 0 Å². The summed E-state index contributed by atoms with van der Waals surface area (Å²) in [5.74, 6) is 0.849. The van der Waals surface area contributed by atoms with E-state index in [-0.39, 0.29) is 10.2 Å². The summed E-state index contributed by atoms with van der Waals surface area (Å²) < 4.78 is 6.25.